The summed E-state index contributed by atoms with van der Waals surface area (Å²) in [4.78, 5) is 14.5. The standard InChI is InChI=1S/C18H11ClN4O2/c19-12-6-8-13(9-7-12)22-23-16-15(11-4-2-1-3-5-11)14(10-20)17(24)21-18(16)25/h1-9H,(H2,21,24,25). The van der Waals surface area contributed by atoms with Gasteiger partial charge < -0.3 is 5.11 Å². The summed E-state index contributed by atoms with van der Waals surface area (Å²) in [5.41, 5.74) is 0.515. The number of aromatic hydroxyl groups is 1. The highest BCUT2D eigenvalue weighted by molar-refractivity contribution is 6.30. The average molecular weight is 351 g/mol. The van der Waals surface area contributed by atoms with Gasteiger partial charge in [0, 0.05) is 10.6 Å². The molecule has 2 aromatic carbocycles. The Kier molecular flexibility index (Phi) is 4.59. The molecule has 0 bridgehead atoms. The minimum absolute atomic E-state index is 0.0597. The number of benzene rings is 2. The van der Waals surface area contributed by atoms with Gasteiger partial charge in [0.05, 0.1) is 5.69 Å². The minimum atomic E-state index is -0.645. The van der Waals surface area contributed by atoms with E-state index in [1.807, 2.05) is 6.07 Å². The lowest BCUT2D eigenvalue weighted by molar-refractivity contribution is 0.450. The van der Waals surface area contributed by atoms with E-state index in [1.165, 1.54) is 0 Å². The molecule has 7 heteroatoms. The molecule has 0 spiro atoms. The third-order valence-electron chi connectivity index (χ3n) is 3.44. The summed E-state index contributed by atoms with van der Waals surface area (Å²) >= 11 is 5.83. The number of hydrogen-bond acceptors (Lipinski definition) is 5. The molecule has 2 N–H and O–H groups in total. The molecule has 0 fully saturated rings. The van der Waals surface area contributed by atoms with Crippen LogP contribution in [0.3, 0.4) is 0 Å². The number of nitrogens with one attached hydrogen (secondary N) is 1. The molecule has 122 valence electrons. The number of H-pyrrole nitrogens is 1. The van der Waals surface area contributed by atoms with E-state index >= 15 is 0 Å². The first kappa shape index (κ1) is 16.4. The average Bonchev–Trinajstić information content (AvgIpc) is 2.62. The Morgan fingerprint density at radius 1 is 1.04 bits per heavy atom. The molecular formula is C18H11ClN4O2. The van der Waals surface area contributed by atoms with Gasteiger partial charge in [-0.3, -0.25) is 9.78 Å². The highest BCUT2D eigenvalue weighted by Gasteiger charge is 2.19. The highest BCUT2D eigenvalue weighted by atomic mass is 35.5. The molecule has 6 nitrogen and oxygen atoms in total. The third kappa shape index (κ3) is 3.42. The van der Waals surface area contributed by atoms with Crippen LogP contribution in [0.4, 0.5) is 11.4 Å². The van der Waals surface area contributed by atoms with Crippen molar-refractivity contribution in [3.8, 4) is 23.1 Å². The van der Waals surface area contributed by atoms with Crippen molar-refractivity contribution in [3.05, 3.63) is 75.5 Å². The van der Waals surface area contributed by atoms with Gasteiger partial charge in [0.2, 0.25) is 5.88 Å². The second kappa shape index (κ2) is 6.99. The topological polar surface area (TPSA) is 102 Å². The van der Waals surface area contributed by atoms with Gasteiger partial charge in [0.25, 0.3) is 5.56 Å². The first-order valence-corrected chi connectivity index (χ1v) is 7.60. The minimum Gasteiger partial charge on any atom is -0.494 e. The summed E-state index contributed by atoms with van der Waals surface area (Å²) in [6, 6.07) is 17.2. The van der Waals surface area contributed by atoms with Gasteiger partial charge in [-0.25, -0.2) is 0 Å². The molecule has 0 saturated heterocycles. The molecular weight excluding hydrogens is 340 g/mol. The maximum atomic E-state index is 12.3. The predicted molar refractivity (Wildman–Crippen MR) is 94.5 cm³/mol. The van der Waals surface area contributed by atoms with Gasteiger partial charge in [0.15, 0.2) is 5.69 Å². The molecule has 0 unspecified atom stereocenters. The summed E-state index contributed by atoms with van der Waals surface area (Å²) in [7, 11) is 0. The summed E-state index contributed by atoms with van der Waals surface area (Å²) in [5, 5.41) is 27.9. The first-order valence-electron chi connectivity index (χ1n) is 7.22. The zero-order valence-electron chi connectivity index (χ0n) is 12.8. The van der Waals surface area contributed by atoms with Gasteiger partial charge in [-0.1, -0.05) is 41.9 Å². The van der Waals surface area contributed by atoms with E-state index in [0.29, 0.717) is 16.3 Å². The van der Waals surface area contributed by atoms with Gasteiger partial charge in [-0.05, 0) is 29.8 Å². The highest BCUT2D eigenvalue weighted by Crippen LogP contribution is 2.34. The SMILES string of the molecule is N#Cc1c(O)[nH]c(=O)c(N=Nc2ccc(Cl)cc2)c1-c1ccccc1. The zero-order chi connectivity index (χ0) is 17.8. The molecule has 0 amide bonds. The Hall–Kier alpha value is -3.43. The van der Waals surface area contributed by atoms with E-state index in [2.05, 4.69) is 15.2 Å². The van der Waals surface area contributed by atoms with Crippen LogP contribution in [0.5, 0.6) is 5.88 Å². The first-order chi connectivity index (χ1) is 12.1. The lowest BCUT2D eigenvalue weighted by Gasteiger charge is -2.08. The van der Waals surface area contributed by atoms with E-state index in [-0.39, 0.29) is 16.8 Å². The van der Waals surface area contributed by atoms with E-state index in [1.54, 1.807) is 54.6 Å². The van der Waals surface area contributed by atoms with Crippen molar-refractivity contribution in [2.24, 2.45) is 10.2 Å². The van der Waals surface area contributed by atoms with Crippen LogP contribution in [0.15, 0.2) is 69.6 Å². The zero-order valence-corrected chi connectivity index (χ0v) is 13.5. The van der Waals surface area contributed by atoms with Crippen molar-refractivity contribution < 1.29 is 5.11 Å². The second-order valence-electron chi connectivity index (χ2n) is 5.06. The Labute approximate surface area is 147 Å². The van der Waals surface area contributed by atoms with Crippen molar-refractivity contribution >= 4 is 23.0 Å². The monoisotopic (exact) mass is 350 g/mol. The molecule has 0 aliphatic heterocycles. The van der Waals surface area contributed by atoms with Gasteiger partial charge in [0.1, 0.15) is 11.6 Å². The smallest absolute Gasteiger partial charge is 0.279 e. The van der Waals surface area contributed by atoms with Crippen LogP contribution < -0.4 is 5.56 Å². The molecule has 0 atom stereocenters. The molecule has 0 aliphatic carbocycles. The lowest BCUT2D eigenvalue weighted by Crippen LogP contribution is -2.08. The molecule has 1 aromatic heterocycles. The normalized spacial score (nSPS) is 10.7. The maximum Gasteiger partial charge on any atom is 0.279 e. The van der Waals surface area contributed by atoms with E-state index in [0.717, 1.165) is 0 Å². The molecule has 3 rings (SSSR count). The largest absolute Gasteiger partial charge is 0.494 e. The van der Waals surface area contributed by atoms with Crippen molar-refractivity contribution in [2.45, 2.75) is 0 Å². The number of nitriles is 1. The quantitative estimate of drug-likeness (QED) is 0.670. The van der Waals surface area contributed by atoms with Crippen molar-refractivity contribution in [2.75, 3.05) is 0 Å². The van der Waals surface area contributed by atoms with Crippen LogP contribution in [0.2, 0.25) is 5.02 Å². The molecule has 3 aromatic rings. The fourth-order valence-corrected chi connectivity index (χ4v) is 2.41. The fourth-order valence-electron chi connectivity index (χ4n) is 2.29. The maximum absolute atomic E-state index is 12.3. The predicted octanol–water partition coefficient (Wildman–Crippen LogP) is 4.69. The Morgan fingerprint density at radius 3 is 2.36 bits per heavy atom. The molecule has 0 radical (unpaired) electrons. The molecule has 0 aliphatic rings. The van der Waals surface area contributed by atoms with E-state index in [4.69, 9.17) is 11.6 Å². The van der Waals surface area contributed by atoms with E-state index < -0.39 is 11.4 Å². The molecule has 1 heterocycles. The molecule has 25 heavy (non-hydrogen) atoms. The van der Waals surface area contributed by atoms with Crippen molar-refractivity contribution in [3.63, 3.8) is 0 Å². The Bertz CT molecular complexity index is 1040. The Balaban J connectivity index is 2.21. The van der Waals surface area contributed by atoms with E-state index in [9.17, 15) is 15.2 Å². The van der Waals surface area contributed by atoms with Crippen LogP contribution >= 0.6 is 11.6 Å². The number of rotatable bonds is 3. The number of nitrogens with zero attached hydrogens (tertiary/aromatic N) is 3. The number of aromatic nitrogens is 1. The van der Waals surface area contributed by atoms with Gasteiger partial charge >= 0.3 is 0 Å². The van der Waals surface area contributed by atoms with Crippen LogP contribution in [0.25, 0.3) is 11.1 Å². The number of halogens is 1. The summed E-state index contributed by atoms with van der Waals surface area (Å²) < 4.78 is 0. The third-order valence-corrected chi connectivity index (χ3v) is 3.69. The summed E-state index contributed by atoms with van der Waals surface area (Å²) in [6.45, 7) is 0. The number of azo groups is 1. The van der Waals surface area contributed by atoms with Gasteiger partial charge in [-0.2, -0.15) is 10.4 Å². The summed E-state index contributed by atoms with van der Waals surface area (Å²) in [5.74, 6) is -0.503. The lowest BCUT2D eigenvalue weighted by atomic mass is 10.00. The molecule has 0 saturated carbocycles. The van der Waals surface area contributed by atoms with Crippen LogP contribution in [-0.4, -0.2) is 10.1 Å². The van der Waals surface area contributed by atoms with Gasteiger partial charge in [-0.15, -0.1) is 5.11 Å². The Morgan fingerprint density at radius 2 is 1.72 bits per heavy atom. The second-order valence-corrected chi connectivity index (χ2v) is 5.49. The number of aromatic amines is 1. The van der Waals surface area contributed by atoms with Crippen LogP contribution in [0, 0.1) is 11.3 Å². The number of hydrogen-bond donors (Lipinski definition) is 2. The van der Waals surface area contributed by atoms with Crippen LogP contribution in [0.1, 0.15) is 5.56 Å². The fraction of sp³-hybridized carbons (Fsp3) is 0. The van der Waals surface area contributed by atoms with Crippen LogP contribution in [-0.2, 0) is 0 Å². The summed E-state index contributed by atoms with van der Waals surface area (Å²) in [6.07, 6.45) is 0. The number of pyridine rings is 1. The van der Waals surface area contributed by atoms with Crippen molar-refractivity contribution in [1.82, 2.24) is 4.98 Å². The van der Waals surface area contributed by atoms with Crippen molar-refractivity contribution in [1.29, 1.82) is 5.26 Å².